The summed E-state index contributed by atoms with van der Waals surface area (Å²) in [5, 5.41) is 11.4. The predicted octanol–water partition coefficient (Wildman–Crippen LogP) is 0.252. The zero-order valence-electron chi connectivity index (χ0n) is 10.3. The number of amidine groups is 1. The van der Waals surface area contributed by atoms with Crippen molar-refractivity contribution in [3.8, 4) is 0 Å². The Morgan fingerprint density at radius 1 is 1.50 bits per heavy atom. The highest BCUT2D eigenvalue weighted by molar-refractivity contribution is 6.01. The van der Waals surface area contributed by atoms with Gasteiger partial charge in [0.25, 0.3) is 0 Å². The quantitative estimate of drug-likeness (QED) is 0.297. The monoisotopic (exact) mass is 231 g/mol. The Hall–Kier alpha value is -1.30. The summed E-state index contributed by atoms with van der Waals surface area (Å²) in [6.07, 6.45) is 0. The lowest BCUT2D eigenvalue weighted by Crippen LogP contribution is -2.45. The third kappa shape index (κ3) is 4.06. The van der Waals surface area contributed by atoms with Crippen molar-refractivity contribution in [2.24, 2.45) is 16.8 Å². The molecule has 3 N–H and O–H groups in total. The van der Waals surface area contributed by atoms with E-state index in [1.54, 1.807) is 18.9 Å². The van der Waals surface area contributed by atoms with E-state index < -0.39 is 5.92 Å². The van der Waals surface area contributed by atoms with Gasteiger partial charge in [0, 0.05) is 19.7 Å². The second kappa shape index (κ2) is 7.05. The van der Waals surface area contributed by atoms with Crippen LogP contribution in [0.4, 0.5) is 0 Å². The van der Waals surface area contributed by atoms with Crippen LogP contribution >= 0.6 is 0 Å². The van der Waals surface area contributed by atoms with Crippen molar-refractivity contribution < 1.29 is 14.7 Å². The SMILES string of the molecule is COCCN(C(=O)C(C)C(N)=NO)C(C)C. The average Bonchev–Trinajstić information content (AvgIpc) is 2.26. The average molecular weight is 231 g/mol. The Bertz CT molecular complexity index is 254. The standard InChI is InChI=1S/C10H21N3O3/c1-7(2)13(5-6-16-4)10(14)8(3)9(11)12-15/h7-8,15H,5-6H2,1-4H3,(H2,11,12). The normalized spacial score (nSPS) is 13.9. The number of nitrogens with two attached hydrogens (primary N) is 1. The smallest absolute Gasteiger partial charge is 0.233 e. The minimum atomic E-state index is -0.621. The number of rotatable bonds is 6. The van der Waals surface area contributed by atoms with Crippen LogP contribution in [-0.2, 0) is 9.53 Å². The highest BCUT2D eigenvalue weighted by Gasteiger charge is 2.25. The summed E-state index contributed by atoms with van der Waals surface area (Å²) in [6.45, 7) is 6.39. The van der Waals surface area contributed by atoms with Crippen molar-refractivity contribution in [1.82, 2.24) is 4.90 Å². The first-order valence-corrected chi connectivity index (χ1v) is 5.22. The van der Waals surface area contributed by atoms with E-state index in [2.05, 4.69) is 5.16 Å². The molecule has 0 radical (unpaired) electrons. The summed E-state index contributed by atoms with van der Waals surface area (Å²) >= 11 is 0. The van der Waals surface area contributed by atoms with Crippen LogP contribution in [0.25, 0.3) is 0 Å². The first-order valence-electron chi connectivity index (χ1n) is 5.22. The molecule has 1 amide bonds. The molecule has 0 saturated carbocycles. The zero-order chi connectivity index (χ0) is 12.7. The maximum absolute atomic E-state index is 12.0. The summed E-state index contributed by atoms with van der Waals surface area (Å²) < 4.78 is 4.93. The molecule has 0 aliphatic carbocycles. The maximum Gasteiger partial charge on any atom is 0.233 e. The molecule has 0 aromatic carbocycles. The first-order chi connectivity index (χ1) is 7.45. The molecular formula is C10H21N3O3. The molecule has 1 atom stereocenters. The Kier molecular flexibility index (Phi) is 6.48. The van der Waals surface area contributed by atoms with Gasteiger partial charge in [-0.2, -0.15) is 0 Å². The van der Waals surface area contributed by atoms with Gasteiger partial charge in [-0.25, -0.2) is 0 Å². The van der Waals surface area contributed by atoms with Crippen LogP contribution in [0.5, 0.6) is 0 Å². The Morgan fingerprint density at radius 3 is 2.44 bits per heavy atom. The largest absolute Gasteiger partial charge is 0.409 e. The Morgan fingerprint density at radius 2 is 2.06 bits per heavy atom. The second-order valence-electron chi connectivity index (χ2n) is 3.86. The third-order valence-corrected chi connectivity index (χ3v) is 2.37. The number of hydrogen-bond donors (Lipinski definition) is 2. The van der Waals surface area contributed by atoms with Crippen molar-refractivity contribution >= 4 is 11.7 Å². The van der Waals surface area contributed by atoms with E-state index in [0.29, 0.717) is 13.2 Å². The van der Waals surface area contributed by atoms with Gasteiger partial charge in [0.15, 0.2) is 5.84 Å². The van der Waals surface area contributed by atoms with Gasteiger partial charge < -0.3 is 20.6 Å². The molecule has 0 aliphatic rings. The minimum absolute atomic E-state index is 0.0524. The van der Waals surface area contributed by atoms with Crippen molar-refractivity contribution in [2.45, 2.75) is 26.8 Å². The van der Waals surface area contributed by atoms with Crippen LogP contribution < -0.4 is 5.73 Å². The number of ether oxygens (including phenoxy) is 1. The summed E-state index contributed by atoms with van der Waals surface area (Å²) in [5.74, 6) is -0.861. The number of carbonyl (C=O) groups is 1. The third-order valence-electron chi connectivity index (χ3n) is 2.37. The number of amides is 1. The lowest BCUT2D eigenvalue weighted by Gasteiger charge is -2.28. The number of nitrogens with zero attached hydrogens (tertiary/aromatic N) is 2. The minimum Gasteiger partial charge on any atom is -0.409 e. The second-order valence-corrected chi connectivity index (χ2v) is 3.86. The lowest BCUT2D eigenvalue weighted by molar-refractivity contribution is -0.135. The van der Waals surface area contributed by atoms with Gasteiger partial charge in [0.1, 0.15) is 0 Å². The van der Waals surface area contributed by atoms with Crippen molar-refractivity contribution in [2.75, 3.05) is 20.3 Å². The molecule has 0 fully saturated rings. The van der Waals surface area contributed by atoms with Crippen LogP contribution in [0.1, 0.15) is 20.8 Å². The fourth-order valence-corrected chi connectivity index (χ4v) is 1.27. The van der Waals surface area contributed by atoms with Gasteiger partial charge in [-0.3, -0.25) is 4.79 Å². The maximum atomic E-state index is 12.0. The molecule has 16 heavy (non-hydrogen) atoms. The molecule has 6 nitrogen and oxygen atoms in total. The number of methoxy groups -OCH3 is 1. The highest BCUT2D eigenvalue weighted by atomic mass is 16.5. The lowest BCUT2D eigenvalue weighted by atomic mass is 10.1. The van der Waals surface area contributed by atoms with Crippen molar-refractivity contribution in [1.29, 1.82) is 0 Å². The fourth-order valence-electron chi connectivity index (χ4n) is 1.27. The molecule has 0 aromatic heterocycles. The topological polar surface area (TPSA) is 88.2 Å². The number of oxime groups is 1. The molecule has 6 heteroatoms. The number of hydrogen-bond acceptors (Lipinski definition) is 4. The fraction of sp³-hybridized carbons (Fsp3) is 0.800. The van der Waals surface area contributed by atoms with Gasteiger partial charge in [-0.1, -0.05) is 5.16 Å². The van der Waals surface area contributed by atoms with Crippen LogP contribution in [0, 0.1) is 5.92 Å². The van der Waals surface area contributed by atoms with Crippen LogP contribution in [-0.4, -0.2) is 48.2 Å². The van der Waals surface area contributed by atoms with Gasteiger partial charge in [-0.15, -0.1) is 0 Å². The van der Waals surface area contributed by atoms with Crippen molar-refractivity contribution in [3.05, 3.63) is 0 Å². The molecular weight excluding hydrogens is 210 g/mol. The molecule has 0 rings (SSSR count). The van der Waals surface area contributed by atoms with Crippen molar-refractivity contribution in [3.63, 3.8) is 0 Å². The summed E-state index contributed by atoms with van der Waals surface area (Å²) in [4.78, 5) is 13.6. The Labute approximate surface area is 96.0 Å². The van der Waals surface area contributed by atoms with E-state index in [1.807, 2.05) is 13.8 Å². The van der Waals surface area contributed by atoms with Gasteiger partial charge >= 0.3 is 0 Å². The molecule has 1 unspecified atom stereocenters. The summed E-state index contributed by atoms with van der Waals surface area (Å²) in [5.41, 5.74) is 5.41. The van der Waals surface area contributed by atoms with E-state index in [9.17, 15) is 4.79 Å². The van der Waals surface area contributed by atoms with E-state index in [1.165, 1.54) is 0 Å². The summed E-state index contributed by atoms with van der Waals surface area (Å²) in [7, 11) is 1.58. The Balaban J connectivity index is 4.61. The van der Waals surface area contributed by atoms with Crippen LogP contribution in [0.2, 0.25) is 0 Å². The van der Waals surface area contributed by atoms with E-state index in [-0.39, 0.29) is 17.8 Å². The van der Waals surface area contributed by atoms with E-state index >= 15 is 0 Å². The van der Waals surface area contributed by atoms with E-state index in [0.717, 1.165) is 0 Å². The molecule has 0 aromatic rings. The molecule has 0 spiro atoms. The van der Waals surface area contributed by atoms with Gasteiger partial charge in [-0.05, 0) is 20.8 Å². The molecule has 0 bridgehead atoms. The van der Waals surface area contributed by atoms with Crippen LogP contribution in [0.3, 0.4) is 0 Å². The summed E-state index contributed by atoms with van der Waals surface area (Å²) in [6, 6.07) is 0.0524. The van der Waals surface area contributed by atoms with Crippen LogP contribution in [0.15, 0.2) is 5.16 Å². The van der Waals surface area contributed by atoms with E-state index in [4.69, 9.17) is 15.7 Å². The molecule has 0 heterocycles. The van der Waals surface area contributed by atoms with Gasteiger partial charge in [0.05, 0.1) is 12.5 Å². The first kappa shape index (κ1) is 14.7. The zero-order valence-corrected chi connectivity index (χ0v) is 10.3. The molecule has 0 saturated heterocycles. The molecule has 0 aliphatic heterocycles. The molecule has 94 valence electrons. The van der Waals surface area contributed by atoms with Gasteiger partial charge in [0.2, 0.25) is 5.91 Å². The predicted molar refractivity (Wildman–Crippen MR) is 61.3 cm³/mol. The number of carbonyl (C=O) groups excluding carboxylic acids is 1. The highest BCUT2D eigenvalue weighted by Crippen LogP contribution is 2.07.